The van der Waals surface area contributed by atoms with E-state index in [1.807, 2.05) is 26.2 Å². The molecule has 0 unspecified atom stereocenters. The minimum absolute atomic E-state index is 0.0692. The number of carbonyl (C=O) groups is 1. The van der Waals surface area contributed by atoms with E-state index in [1.165, 1.54) is 11.3 Å². The molecule has 8 heteroatoms. The maximum atomic E-state index is 12.9. The highest BCUT2D eigenvalue weighted by Gasteiger charge is 2.20. The summed E-state index contributed by atoms with van der Waals surface area (Å²) >= 11 is 13.4. The van der Waals surface area contributed by atoms with Crippen LogP contribution < -0.4 is 9.64 Å². The van der Waals surface area contributed by atoms with Gasteiger partial charge in [0.2, 0.25) is 0 Å². The van der Waals surface area contributed by atoms with Gasteiger partial charge in [0.1, 0.15) is 5.75 Å². The lowest BCUT2D eigenvalue weighted by molar-refractivity contribution is -0.120. The van der Waals surface area contributed by atoms with Crippen molar-refractivity contribution >= 4 is 55.8 Å². The third-order valence-electron chi connectivity index (χ3n) is 4.03. The molecular weight excluding hydrogens is 417 g/mol. The number of halogens is 2. The maximum absolute atomic E-state index is 12.9. The molecule has 0 fully saturated rings. The summed E-state index contributed by atoms with van der Waals surface area (Å²) in [4.78, 5) is 21.3. The van der Waals surface area contributed by atoms with Crippen molar-refractivity contribution in [1.29, 1.82) is 0 Å². The lowest BCUT2D eigenvalue weighted by Crippen LogP contribution is -2.36. The van der Waals surface area contributed by atoms with E-state index >= 15 is 0 Å². The topological polar surface area (TPSA) is 45.7 Å². The molecule has 28 heavy (non-hydrogen) atoms. The van der Waals surface area contributed by atoms with Gasteiger partial charge in [-0.2, -0.15) is 0 Å². The predicted octanol–water partition coefficient (Wildman–Crippen LogP) is 4.97. The van der Waals surface area contributed by atoms with Crippen molar-refractivity contribution in [3.63, 3.8) is 0 Å². The number of thiazole rings is 1. The Bertz CT molecular complexity index is 944. The zero-order chi connectivity index (χ0) is 20.1. The van der Waals surface area contributed by atoms with E-state index in [1.54, 1.807) is 35.2 Å². The van der Waals surface area contributed by atoms with E-state index in [0.717, 1.165) is 23.2 Å². The number of hydrogen-bond donors (Lipinski definition) is 0. The highest BCUT2D eigenvalue weighted by Crippen LogP contribution is 2.31. The van der Waals surface area contributed by atoms with Gasteiger partial charge >= 0.3 is 0 Å². The second-order valence-corrected chi connectivity index (χ2v) is 8.44. The average Bonchev–Trinajstić information content (AvgIpc) is 3.07. The van der Waals surface area contributed by atoms with E-state index in [-0.39, 0.29) is 12.5 Å². The van der Waals surface area contributed by atoms with E-state index in [0.29, 0.717) is 27.5 Å². The van der Waals surface area contributed by atoms with Crippen LogP contribution in [0.5, 0.6) is 5.75 Å². The molecule has 1 heterocycles. The van der Waals surface area contributed by atoms with Crippen LogP contribution in [0.1, 0.15) is 6.42 Å². The van der Waals surface area contributed by atoms with Crippen LogP contribution in [0.4, 0.5) is 5.13 Å². The monoisotopic (exact) mass is 437 g/mol. The summed E-state index contributed by atoms with van der Waals surface area (Å²) in [5.41, 5.74) is 0.827. The molecule has 2 aromatic carbocycles. The van der Waals surface area contributed by atoms with Crippen molar-refractivity contribution in [1.82, 2.24) is 9.88 Å². The molecule has 0 saturated heterocycles. The van der Waals surface area contributed by atoms with Gasteiger partial charge in [-0.25, -0.2) is 4.98 Å². The largest absolute Gasteiger partial charge is 0.484 e. The molecule has 0 N–H and O–H groups in total. The summed E-state index contributed by atoms with van der Waals surface area (Å²) < 4.78 is 6.59. The van der Waals surface area contributed by atoms with Gasteiger partial charge in [0.15, 0.2) is 11.7 Å². The maximum Gasteiger partial charge on any atom is 0.266 e. The van der Waals surface area contributed by atoms with Crippen LogP contribution in [0.25, 0.3) is 10.2 Å². The van der Waals surface area contributed by atoms with Crippen molar-refractivity contribution in [2.45, 2.75) is 6.42 Å². The minimum atomic E-state index is -0.140. The van der Waals surface area contributed by atoms with Crippen molar-refractivity contribution in [2.24, 2.45) is 0 Å². The Morgan fingerprint density at radius 3 is 2.50 bits per heavy atom. The first kappa shape index (κ1) is 20.9. The first-order chi connectivity index (χ1) is 13.4. The Morgan fingerprint density at radius 1 is 1.07 bits per heavy atom. The Labute approximate surface area is 178 Å². The van der Waals surface area contributed by atoms with Crippen LogP contribution >= 0.6 is 34.5 Å². The highest BCUT2D eigenvalue weighted by molar-refractivity contribution is 7.22. The van der Waals surface area contributed by atoms with Crippen LogP contribution in [0.15, 0.2) is 42.5 Å². The van der Waals surface area contributed by atoms with Gasteiger partial charge < -0.3 is 9.64 Å². The van der Waals surface area contributed by atoms with Crippen LogP contribution in [-0.2, 0) is 4.79 Å². The number of aromatic nitrogens is 1. The Morgan fingerprint density at radius 2 is 1.79 bits per heavy atom. The van der Waals surface area contributed by atoms with Crippen molar-refractivity contribution < 1.29 is 9.53 Å². The average molecular weight is 438 g/mol. The quantitative estimate of drug-likeness (QED) is 0.499. The zero-order valence-electron chi connectivity index (χ0n) is 15.7. The van der Waals surface area contributed by atoms with Crippen LogP contribution in [0.2, 0.25) is 10.0 Å². The summed E-state index contributed by atoms with van der Waals surface area (Å²) in [6.45, 7) is 1.37. The molecule has 0 spiro atoms. The molecule has 0 aliphatic rings. The molecule has 0 aliphatic carbocycles. The summed E-state index contributed by atoms with van der Waals surface area (Å²) in [5.74, 6) is 0.459. The summed E-state index contributed by atoms with van der Waals surface area (Å²) in [6.07, 6.45) is 0.830. The first-order valence-corrected chi connectivity index (χ1v) is 10.4. The number of benzene rings is 2. The second kappa shape index (κ2) is 9.56. The third-order valence-corrected chi connectivity index (χ3v) is 5.56. The number of anilines is 1. The second-order valence-electron chi connectivity index (χ2n) is 6.55. The van der Waals surface area contributed by atoms with E-state index < -0.39 is 0 Å². The molecular formula is C20H21Cl2N3O2S. The summed E-state index contributed by atoms with van der Waals surface area (Å²) in [6, 6.07) is 12.5. The number of ether oxygens (including phenoxy) is 1. The number of carbonyl (C=O) groups excluding carboxylic acids is 1. The summed E-state index contributed by atoms with van der Waals surface area (Å²) in [5, 5.41) is 1.93. The van der Waals surface area contributed by atoms with Gasteiger partial charge in [0.25, 0.3) is 5.91 Å². The van der Waals surface area contributed by atoms with Gasteiger partial charge in [-0.05, 0) is 69.5 Å². The Hall–Kier alpha value is -1.86. The van der Waals surface area contributed by atoms with E-state index in [4.69, 9.17) is 27.9 Å². The fourth-order valence-corrected chi connectivity index (χ4v) is 4.04. The molecule has 0 bridgehead atoms. The van der Waals surface area contributed by atoms with Crippen LogP contribution in [-0.4, -0.2) is 49.6 Å². The molecule has 0 saturated carbocycles. The molecule has 1 amide bonds. The lowest BCUT2D eigenvalue weighted by Gasteiger charge is -2.21. The van der Waals surface area contributed by atoms with Crippen LogP contribution in [0, 0.1) is 0 Å². The fraction of sp³-hybridized carbons (Fsp3) is 0.300. The molecule has 0 atom stereocenters. The fourth-order valence-electron chi connectivity index (χ4n) is 2.63. The molecule has 1 aromatic heterocycles. The molecule has 148 valence electrons. The first-order valence-electron chi connectivity index (χ1n) is 8.82. The van der Waals surface area contributed by atoms with Gasteiger partial charge in [0.05, 0.1) is 10.2 Å². The number of rotatable bonds is 8. The molecule has 0 radical (unpaired) electrons. The number of hydrogen-bond acceptors (Lipinski definition) is 5. The highest BCUT2D eigenvalue weighted by atomic mass is 35.5. The number of nitrogens with zero attached hydrogens (tertiary/aromatic N) is 3. The summed E-state index contributed by atoms with van der Waals surface area (Å²) in [7, 11) is 4.02. The van der Waals surface area contributed by atoms with Crippen molar-refractivity contribution in [2.75, 3.05) is 38.7 Å². The smallest absolute Gasteiger partial charge is 0.266 e. The Balaban J connectivity index is 1.76. The zero-order valence-corrected chi connectivity index (χ0v) is 18.0. The molecule has 5 nitrogen and oxygen atoms in total. The SMILES string of the molecule is CN(C)CCCN(C(=O)COc1ccc(Cl)cc1)c1nc2ccc(Cl)cc2s1. The lowest BCUT2D eigenvalue weighted by atomic mass is 10.3. The van der Waals surface area contributed by atoms with Gasteiger partial charge in [0, 0.05) is 16.6 Å². The molecule has 3 rings (SSSR count). The van der Waals surface area contributed by atoms with E-state index in [2.05, 4.69) is 9.88 Å². The number of fused-ring (bicyclic) bond motifs is 1. The van der Waals surface area contributed by atoms with Gasteiger partial charge in [-0.3, -0.25) is 9.69 Å². The van der Waals surface area contributed by atoms with Crippen molar-refractivity contribution in [3.05, 3.63) is 52.5 Å². The molecule has 3 aromatic rings. The minimum Gasteiger partial charge on any atom is -0.484 e. The van der Waals surface area contributed by atoms with Crippen LogP contribution in [0.3, 0.4) is 0 Å². The third kappa shape index (κ3) is 5.58. The van der Waals surface area contributed by atoms with E-state index in [9.17, 15) is 4.79 Å². The normalized spacial score (nSPS) is 11.2. The molecule has 0 aliphatic heterocycles. The van der Waals surface area contributed by atoms with Crippen molar-refractivity contribution in [3.8, 4) is 5.75 Å². The van der Waals surface area contributed by atoms with Gasteiger partial charge in [-0.1, -0.05) is 34.5 Å². The van der Waals surface area contributed by atoms with Gasteiger partial charge in [-0.15, -0.1) is 0 Å². The number of amides is 1. The Kier molecular flexibility index (Phi) is 7.13. The standard InChI is InChI=1S/C20H21Cl2N3O2S/c1-24(2)10-3-11-25(19(26)13-27-16-7-4-14(21)5-8-16)20-23-17-9-6-15(22)12-18(17)28-20/h4-9,12H,3,10-11,13H2,1-2H3. The predicted molar refractivity (Wildman–Crippen MR) is 117 cm³/mol.